The van der Waals surface area contributed by atoms with E-state index in [1.165, 1.54) is 0 Å². The Morgan fingerprint density at radius 2 is 1.61 bits per heavy atom. The lowest BCUT2D eigenvalue weighted by Crippen LogP contribution is -2.36. The van der Waals surface area contributed by atoms with Crippen molar-refractivity contribution in [2.75, 3.05) is 33.3 Å². The average molecular weight is 318 g/mol. The first-order chi connectivity index (χ1) is 10.9. The van der Waals surface area contributed by atoms with Gasteiger partial charge in [0.2, 0.25) is 5.91 Å². The van der Waals surface area contributed by atoms with Crippen molar-refractivity contribution in [2.45, 2.75) is 34.1 Å². The molecule has 1 aliphatic rings. The average Bonchev–Trinajstić information content (AvgIpc) is 2.77. The van der Waals surface area contributed by atoms with Gasteiger partial charge in [0.25, 0.3) is 5.91 Å². The van der Waals surface area contributed by atoms with E-state index in [-0.39, 0.29) is 11.8 Å². The fourth-order valence-electron chi connectivity index (χ4n) is 3.20. The number of hydrogen-bond donors (Lipinski definition) is 0. The summed E-state index contributed by atoms with van der Waals surface area (Å²) in [5.41, 5.74) is 3.68. The van der Waals surface area contributed by atoms with Crippen molar-refractivity contribution in [1.82, 2.24) is 9.80 Å². The molecule has 0 N–H and O–H groups in total. The summed E-state index contributed by atoms with van der Waals surface area (Å²) in [4.78, 5) is 28.1. The Hall–Kier alpha value is -2.04. The van der Waals surface area contributed by atoms with Gasteiger partial charge < -0.3 is 14.5 Å². The van der Waals surface area contributed by atoms with Crippen LogP contribution in [0.1, 0.15) is 40.4 Å². The molecule has 1 aromatic rings. The number of hydrogen-bond acceptors (Lipinski definition) is 3. The first-order valence-corrected chi connectivity index (χ1v) is 8.06. The fourth-order valence-corrected chi connectivity index (χ4v) is 3.20. The molecule has 0 unspecified atom stereocenters. The third-order valence-corrected chi connectivity index (χ3v) is 4.69. The topological polar surface area (TPSA) is 49.9 Å². The third kappa shape index (κ3) is 3.49. The van der Waals surface area contributed by atoms with Gasteiger partial charge in [-0.1, -0.05) is 0 Å². The van der Waals surface area contributed by atoms with E-state index in [1.807, 2.05) is 36.6 Å². The highest BCUT2D eigenvalue weighted by molar-refractivity contribution is 5.96. The van der Waals surface area contributed by atoms with Crippen LogP contribution in [-0.2, 0) is 4.79 Å². The number of methoxy groups -OCH3 is 1. The number of carbonyl (C=O) groups is 2. The molecule has 23 heavy (non-hydrogen) atoms. The number of nitrogens with zero attached hydrogens (tertiary/aromatic N) is 2. The number of benzene rings is 1. The van der Waals surface area contributed by atoms with E-state index in [2.05, 4.69) is 0 Å². The van der Waals surface area contributed by atoms with E-state index in [1.54, 1.807) is 14.0 Å². The Kier molecular flexibility index (Phi) is 5.29. The molecule has 0 bridgehead atoms. The monoisotopic (exact) mass is 318 g/mol. The smallest absolute Gasteiger partial charge is 0.254 e. The second kappa shape index (κ2) is 7.02. The van der Waals surface area contributed by atoms with Gasteiger partial charge in [-0.2, -0.15) is 0 Å². The molecular weight excluding hydrogens is 292 g/mol. The molecule has 0 aromatic heterocycles. The van der Waals surface area contributed by atoms with Crippen LogP contribution in [-0.4, -0.2) is 54.9 Å². The van der Waals surface area contributed by atoms with Crippen LogP contribution in [0.5, 0.6) is 5.75 Å². The van der Waals surface area contributed by atoms with Crippen molar-refractivity contribution >= 4 is 11.8 Å². The van der Waals surface area contributed by atoms with Crippen LogP contribution in [0.25, 0.3) is 0 Å². The summed E-state index contributed by atoms with van der Waals surface area (Å²) in [5, 5.41) is 0. The highest BCUT2D eigenvalue weighted by Gasteiger charge is 2.24. The number of rotatable bonds is 2. The summed E-state index contributed by atoms with van der Waals surface area (Å²) in [7, 11) is 1.65. The van der Waals surface area contributed by atoms with Gasteiger partial charge in [-0.25, -0.2) is 0 Å². The lowest BCUT2D eigenvalue weighted by atomic mass is 9.97. The maximum Gasteiger partial charge on any atom is 0.254 e. The van der Waals surface area contributed by atoms with Crippen molar-refractivity contribution in [2.24, 2.45) is 0 Å². The molecule has 5 heteroatoms. The molecule has 0 atom stereocenters. The molecule has 1 aromatic carbocycles. The van der Waals surface area contributed by atoms with Gasteiger partial charge in [0, 0.05) is 38.7 Å². The van der Waals surface area contributed by atoms with Crippen LogP contribution in [0.3, 0.4) is 0 Å². The molecule has 0 aliphatic carbocycles. The number of carbonyl (C=O) groups excluding carboxylic acids is 2. The quantitative estimate of drug-likeness (QED) is 0.841. The summed E-state index contributed by atoms with van der Waals surface area (Å²) >= 11 is 0. The Morgan fingerprint density at radius 1 is 1.00 bits per heavy atom. The molecule has 0 saturated carbocycles. The second-order valence-electron chi connectivity index (χ2n) is 6.18. The van der Waals surface area contributed by atoms with Crippen LogP contribution >= 0.6 is 0 Å². The van der Waals surface area contributed by atoms with E-state index in [0.29, 0.717) is 19.6 Å². The van der Waals surface area contributed by atoms with E-state index in [4.69, 9.17) is 4.74 Å². The molecule has 1 heterocycles. The molecule has 1 saturated heterocycles. The fraction of sp³-hybridized carbons (Fsp3) is 0.556. The molecule has 1 aliphatic heterocycles. The summed E-state index contributed by atoms with van der Waals surface area (Å²) in [6, 6.07) is 1.91. The van der Waals surface area contributed by atoms with Crippen LogP contribution in [0, 0.1) is 20.8 Å². The van der Waals surface area contributed by atoms with Gasteiger partial charge in [0.15, 0.2) is 0 Å². The molecule has 2 amide bonds. The standard InChI is InChI=1S/C18H26N2O3/c1-12-11-16(13(2)14(3)17(12)23-5)18(22)20-8-6-7-19(9-10-20)15(4)21/h11H,6-10H2,1-5H3. The maximum absolute atomic E-state index is 12.9. The normalized spacial score (nSPS) is 15.3. The minimum Gasteiger partial charge on any atom is -0.496 e. The SMILES string of the molecule is COc1c(C)cc(C(=O)N2CCCN(C(C)=O)CC2)c(C)c1C. The van der Waals surface area contributed by atoms with Crippen molar-refractivity contribution in [1.29, 1.82) is 0 Å². The van der Waals surface area contributed by atoms with Gasteiger partial charge in [-0.15, -0.1) is 0 Å². The van der Waals surface area contributed by atoms with Gasteiger partial charge >= 0.3 is 0 Å². The molecule has 5 nitrogen and oxygen atoms in total. The lowest BCUT2D eigenvalue weighted by molar-refractivity contribution is -0.128. The van der Waals surface area contributed by atoms with Crippen molar-refractivity contribution in [3.63, 3.8) is 0 Å². The zero-order chi connectivity index (χ0) is 17.1. The molecule has 1 fully saturated rings. The third-order valence-electron chi connectivity index (χ3n) is 4.69. The number of amides is 2. The molecule has 2 rings (SSSR count). The maximum atomic E-state index is 12.9. The molecule has 126 valence electrons. The first-order valence-electron chi connectivity index (χ1n) is 8.06. The van der Waals surface area contributed by atoms with E-state index in [9.17, 15) is 9.59 Å². The minimum atomic E-state index is 0.0433. The predicted molar refractivity (Wildman–Crippen MR) is 90.0 cm³/mol. The van der Waals surface area contributed by atoms with Crippen molar-refractivity contribution < 1.29 is 14.3 Å². The van der Waals surface area contributed by atoms with Crippen LogP contribution in [0.2, 0.25) is 0 Å². The van der Waals surface area contributed by atoms with Gasteiger partial charge in [-0.3, -0.25) is 9.59 Å². The Morgan fingerprint density at radius 3 is 2.22 bits per heavy atom. The first kappa shape index (κ1) is 17.3. The zero-order valence-corrected chi connectivity index (χ0v) is 14.7. The largest absolute Gasteiger partial charge is 0.496 e. The van der Waals surface area contributed by atoms with Gasteiger partial charge in [0.05, 0.1) is 7.11 Å². The van der Waals surface area contributed by atoms with Crippen molar-refractivity contribution in [3.8, 4) is 5.75 Å². The van der Waals surface area contributed by atoms with E-state index >= 15 is 0 Å². The Bertz CT molecular complexity index is 625. The number of aryl methyl sites for hydroxylation is 1. The Balaban J connectivity index is 2.25. The summed E-state index contributed by atoms with van der Waals surface area (Å²) in [5.74, 6) is 0.964. The summed E-state index contributed by atoms with van der Waals surface area (Å²) in [6.45, 7) is 10.1. The zero-order valence-electron chi connectivity index (χ0n) is 14.7. The molecule has 0 spiro atoms. The van der Waals surface area contributed by atoms with Crippen molar-refractivity contribution in [3.05, 3.63) is 28.3 Å². The highest BCUT2D eigenvalue weighted by Crippen LogP contribution is 2.29. The summed E-state index contributed by atoms with van der Waals surface area (Å²) < 4.78 is 5.43. The Labute approximate surface area is 138 Å². The van der Waals surface area contributed by atoms with Gasteiger partial charge in [0.1, 0.15) is 5.75 Å². The van der Waals surface area contributed by atoms with E-state index in [0.717, 1.165) is 41.0 Å². The van der Waals surface area contributed by atoms with Crippen LogP contribution in [0.4, 0.5) is 0 Å². The second-order valence-corrected chi connectivity index (χ2v) is 6.18. The number of ether oxygens (including phenoxy) is 1. The van der Waals surface area contributed by atoms with Crippen LogP contribution in [0.15, 0.2) is 6.07 Å². The molecular formula is C18H26N2O3. The molecule has 0 radical (unpaired) electrons. The van der Waals surface area contributed by atoms with E-state index < -0.39 is 0 Å². The lowest BCUT2D eigenvalue weighted by Gasteiger charge is -2.23. The highest BCUT2D eigenvalue weighted by atomic mass is 16.5. The minimum absolute atomic E-state index is 0.0433. The predicted octanol–water partition coefficient (Wildman–Crippen LogP) is 2.31. The van der Waals surface area contributed by atoms with Crippen LogP contribution < -0.4 is 4.74 Å². The van der Waals surface area contributed by atoms with Gasteiger partial charge in [-0.05, 0) is 49.9 Å². The summed E-state index contributed by atoms with van der Waals surface area (Å²) in [6.07, 6.45) is 0.818.